The highest BCUT2D eigenvalue weighted by Gasteiger charge is 2.12. The number of nitrogens with one attached hydrogen (secondary N) is 1. The Morgan fingerprint density at radius 3 is 2.50 bits per heavy atom. The van der Waals surface area contributed by atoms with Crippen molar-refractivity contribution in [3.05, 3.63) is 86.0 Å². The van der Waals surface area contributed by atoms with Gasteiger partial charge in [0.2, 0.25) is 5.62 Å². The topological polar surface area (TPSA) is 122 Å². The molecule has 0 aliphatic heterocycles. The van der Waals surface area contributed by atoms with Gasteiger partial charge in [0.25, 0.3) is 0 Å². The molecule has 0 amide bonds. The van der Waals surface area contributed by atoms with Crippen LogP contribution in [0.5, 0.6) is 5.75 Å². The molecule has 0 spiro atoms. The molecule has 1 heterocycles. The van der Waals surface area contributed by atoms with Gasteiger partial charge < -0.3 is 14.7 Å². The second kappa shape index (κ2) is 12.1. The van der Waals surface area contributed by atoms with Crippen LogP contribution in [-0.4, -0.2) is 57.3 Å². The number of benzene rings is 2. The molecular weight excluding hydrogens is 469 g/mol. The molecule has 0 saturated heterocycles. The fraction of sp³-hybridized carbons (Fsp3) is 0.360. The second-order valence-electron chi connectivity index (χ2n) is 8.64. The zero-order valence-electron chi connectivity index (χ0n) is 20.5. The number of aromatic amines is 1. The lowest BCUT2D eigenvalue weighted by atomic mass is 10.1. The molecule has 0 saturated carbocycles. The summed E-state index contributed by atoms with van der Waals surface area (Å²) in [4.78, 5) is 45.6. The molecule has 0 fully saturated rings. The Morgan fingerprint density at radius 2 is 1.86 bits per heavy atom. The van der Waals surface area contributed by atoms with Gasteiger partial charge in [0.15, 0.2) is 11.6 Å². The van der Waals surface area contributed by atoms with Crippen molar-refractivity contribution in [2.75, 3.05) is 27.2 Å². The largest absolute Gasteiger partial charge is 0.490 e. The number of aromatic nitrogens is 3. The van der Waals surface area contributed by atoms with Crippen LogP contribution in [0.25, 0.3) is 0 Å². The lowest BCUT2D eigenvalue weighted by Crippen LogP contribution is -2.50. The van der Waals surface area contributed by atoms with E-state index in [4.69, 9.17) is 9.84 Å². The Balaban J connectivity index is 1.99. The Labute approximate surface area is 206 Å². The molecule has 3 rings (SSSR count). The Kier molecular flexibility index (Phi) is 8.96. The van der Waals surface area contributed by atoms with Crippen LogP contribution in [0.4, 0.5) is 10.1 Å². The Bertz CT molecular complexity index is 1390. The van der Waals surface area contributed by atoms with Crippen LogP contribution < -0.4 is 21.7 Å². The molecule has 36 heavy (non-hydrogen) atoms. The normalized spacial score (nSPS) is 11.8. The monoisotopic (exact) mass is 499 g/mol. The molecule has 0 radical (unpaired) electrons. The highest BCUT2D eigenvalue weighted by molar-refractivity contribution is 5.66. The van der Waals surface area contributed by atoms with Gasteiger partial charge in [0.1, 0.15) is 0 Å². The van der Waals surface area contributed by atoms with E-state index in [1.165, 1.54) is 16.7 Å². The van der Waals surface area contributed by atoms with Crippen molar-refractivity contribution in [3.63, 3.8) is 0 Å². The molecule has 1 aromatic heterocycles. The molecule has 3 aromatic rings. The first-order valence-corrected chi connectivity index (χ1v) is 11.5. The second-order valence-corrected chi connectivity index (χ2v) is 8.64. The molecule has 0 unspecified atom stereocenters. The van der Waals surface area contributed by atoms with Crippen LogP contribution >= 0.6 is 0 Å². The van der Waals surface area contributed by atoms with Gasteiger partial charge in [0.05, 0.1) is 25.3 Å². The number of carbonyl (C=O) groups is 1. The van der Waals surface area contributed by atoms with Crippen LogP contribution in [0.3, 0.4) is 0 Å². The first-order valence-electron chi connectivity index (χ1n) is 11.5. The number of rotatable bonds is 11. The quantitative estimate of drug-likeness (QED) is 0.389. The molecule has 0 aliphatic rings. The van der Waals surface area contributed by atoms with Crippen LogP contribution in [-0.2, 0) is 17.9 Å². The summed E-state index contributed by atoms with van der Waals surface area (Å²) in [6.07, 6.45) is 0.336. The zero-order chi connectivity index (χ0) is 26.2. The number of halogens is 1. The van der Waals surface area contributed by atoms with Crippen molar-refractivity contribution in [1.29, 1.82) is 0 Å². The lowest BCUT2D eigenvalue weighted by Gasteiger charge is -2.12. The van der Waals surface area contributed by atoms with Crippen LogP contribution in [0, 0.1) is 12.7 Å². The Hall–Kier alpha value is -3.99. The smallest absolute Gasteiger partial charge is 0.335 e. The van der Waals surface area contributed by atoms with E-state index in [2.05, 4.69) is 9.98 Å². The molecule has 0 aliphatic carbocycles. The van der Waals surface area contributed by atoms with E-state index in [1.807, 2.05) is 50.2 Å². The summed E-state index contributed by atoms with van der Waals surface area (Å²) in [6.45, 7) is 2.86. The van der Waals surface area contributed by atoms with Gasteiger partial charge in [-0.15, -0.1) is 0 Å². The minimum absolute atomic E-state index is 0.0668. The third-order valence-electron chi connectivity index (χ3n) is 5.35. The van der Waals surface area contributed by atoms with Gasteiger partial charge in [-0.2, -0.15) is 0 Å². The summed E-state index contributed by atoms with van der Waals surface area (Å²) < 4.78 is 22.2. The summed E-state index contributed by atoms with van der Waals surface area (Å²) in [5.74, 6) is -1.68. The van der Waals surface area contributed by atoms with E-state index in [9.17, 15) is 18.8 Å². The number of ether oxygens (including phenoxy) is 1. The van der Waals surface area contributed by atoms with Crippen molar-refractivity contribution in [2.24, 2.45) is 4.99 Å². The van der Waals surface area contributed by atoms with E-state index >= 15 is 0 Å². The molecule has 2 N–H and O–H groups in total. The number of aryl methyl sites for hydroxylation is 1. The molecule has 0 atom stereocenters. The lowest BCUT2D eigenvalue weighted by molar-refractivity contribution is -0.137. The Morgan fingerprint density at radius 1 is 1.14 bits per heavy atom. The van der Waals surface area contributed by atoms with Gasteiger partial charge in [-0.3, -0.25) is 14.3 Å². The van der Waals surface area contributed by atoms with E-state index in [0.29, 0.717) is 6.61 Å². The van der Waals surface area contributed by atoms with E-state index in [1.54, 1.807) is 0 Å². The first kappa shape index (κ1) is 26.6. The van der Waals surface area contributed by atoms with Gasteiger partial charge in [-0.1, -0.05) is 29.8 Å². The summed E-state index contributed by atoms with van der Waals surface area (Å²) in [5.41, 5.74) is 0.361. The van der Waals surface area contributed by atoms with Gasteiger partial charge in [-0.05, 0) is 45.1 Å². The maximum Gasteiger partial charge on any atom is 0.335 e. The minimum atomic E-state index is -1.14. The van der Waals surface area contributed by atoms with Crippen molar-refractivity contribution < 1.29 is 19.0 Å². The molecule has 11 heteroatoms. The van der Waals surface area contributed by atoms with Crippen molar-refractivity contribution >= 4 is 11.7 Å². The van der Waals surface area contributed by atoms with Crippen molar-refractivity contribution in [1.82, 2.24) is 19.0 Å². The minimum Gasteiger partial charge on any atom is -0.490 e. The van der Waals surface area contributed by atoms with E-state index < -0.39 is 29.6 Å². The average molecular weight is 500 g/mol. The van der Waals surface area contributed by atoms with E-state index in [-0.39, 0.29) is 30.1 Å². The van der Waals surface area contributed by atoms with Gasteiger partial charge in [0, 0.05) is 19.2 Å². The fourth-order valence-electron chi connectivity index (χ4n) is 3.43. The molecular formula is C25H30FN5O5. The third-order valence-corrected chi connectivity index (χ3v) is 5.35. The maximum absolute atomic E-state index is 14.6. The van der Waals surface area contributed by atoms with Crippen LogP contribution in [0.15, 0.2) is 57.0 Å². The van der Waals surface area contributed by atoms with Crippen molar-refractivity contribution in [3.8, 4) is 5.75 Å². The van der Waals surface area contributed by atoms with Crippen molar-refractivity contribution in [2.45, 2.75) is 32.9 Å². The average Bonchev–Trinajstić information content (AvgIpc) is 2.81. The summed E-state index contributed by atoms with van der Waals surface area (Å²) in [6, 6.07) is 11.6. The number of aliphatic carboxylic acids is 1. The van der Waals surface area contributed by atoms with E-state index in [0.717, 1.165) is 34.7 Å². The fourth-order valence-corrected chi connectivity index (χ4v) is 3.43. The number of hydrogen-bond donors (Lipinski definition) is 2. The standard InChI is InChI=1S/C25H30FN5O5/c1-17-5-7-18(8-6-17)16-31-23(28-24(34)30(25(31)35)13-11-22(32)33)27-19-9-10-21(20(26)15-19)36-14-4-12-29(2)3/h5-10,15H,4,11-14,16H2,1-3H3,(H,32,33)(H,27,28,34). The summed E-state index contributed by atoms with van der Waals surface area (Å²) >= 11 is 0. The maximum atomic E-state index is 14.6. The molecule has 0 bridgehead atoms. The number of nitrogens with zero attached hydrogens (tertiary/aromatic N) is 4. The highest BCUT2D eigenvalue weighted by Crippen LogP contribution is 2.22. The predicted molar refractivity (Wildman–Crippen MR) is 132 cm³/mol. The summed E-state index contributed by atoms with van der Waals surface area (Å²) in [7, 11) is 3.88. The SMILES string of the molecule is Cc1ccc(Cn2c(=O)n(CCC(=O)O)c(=O)[nH]/c2=N\c2ccc(OCCCN(C)C)c(F)c2)cc1. The zero-order valence-corrected chi connectivity index (χ0v) is 20.5. The number of carboxylic acid groups (broad SMARTS) is 1. The van der Waals surface area contributed by atoms with Crippen LogP contribution in [0.2, 0.25) is 0 Å². The van der Waals surface area contributed by atoms with Gasteiger partial charge >= 0.3 is 17.3 Å². The summed E-state index contributed by atoms with van der Waals surface area (Å²) in [5, 5.41) is 8.98. The molecule has 2 aromatic carbocycles. The predicted octanol–water partition coefficient (Wildman–Crippen LogP) is 1.87. The number of carboxylic acids is 1. The highest BCUT2D eigenvalue weighted by atomic mass is 19.1. The number of H-pyrrole nitrogens is 1. The molecule has 10 nitrogen and oxygen atoms in total. The van der Waals surface area contributed by atoms with Crippen LogP contribution in [0.1, 0.15) is 24.0 Å². The third kappa shape index (κ3) is 7.25. The molecule has 192 valence electrons. The first-order chi connectivity index (χ1) is 17.1. The number of hydrogen-bond acceptors (Lipinski definition) is 6. The van der Waals surface area contributed by atoms with Gasteiger partial charge in [-0.25, -0.2) is 23.5 Å².